The maximum absolute atomic E-state index is 14.3. The van der Waals surface area contributed by atoms with Gasteiger partial charge in [0.1, 0.15) is 12.4 Å². The number of benzene rings is 1. The molecular formula is C20H23FN2O2. The number of unbranched alkanes of at least 4 members (excludes halogenated alkanes) is 1. The van der Waals surface area contributed by atoms with E-state index in [-0.39, 0.29) is 11.9 Å². The molecule has 0 aliphatic carbocycles. The second-order valence-corrected chi connectivity index (χ2v) is 5.78. The van der Waals surface area contributed by atoms with Crippen LogP contribution in [0.1, 0.15) is 31.7 Å². The summed E-state index contributed by atoms with van der Waals surface area (Å²) in [7, 11) is 0. The largest absolute Gasteiger partial charge is 0.472 e. The van der Waals surface area contributed by atoms with E-state index < -0.39 is 0 Å². The SMILES string of the molecule is C=CCOc1ccc(-c2ccc(C=CCCCC(C)O)cc2F)nn1. The van der Waals surface area contributed by atoms with Crippen LogP contribution in [0, 0.1) is 5.82 Å². The smallest absolute Gasteiger partial charge is 0.233 e. The molecule has 0 saturated carbocycles. The normalized spacial score (nSPS) is 12.3. The van der Waals surface area contributed by atoms with E-state index in [2.05, 4.69) is 16.8 Å². The van der Waals surface area contributed by atoms with E-state index in [0.717, 1.165) is 24.8 Å². The molecular weight excluding hydrogens is 319 g/mol. The molecule has 25 heavy (non-hydrogen) atoms. The molecule has 4 nitrogen and oxygen atoms in total. The Morgan fingerprint density at radius 3 is 2.76 bits per heavy atom. The zero-order chi connectivity index (χ0) is 18.1. The van der Waals surface area contributed by atoms with Crippen LogP contribution in [-0.4, -0.2) is 28.0 Å². The lowest BCUT2D eigenvalue weighted by Gasteiger charge is -2.05. The third kappa shape index (κ3) is 6.12. The summed E-state index contributed by atoms with van der Waals surface area (Å²) in [5.74, 6) is 0.0287. The van der Waals surface area contributed by atoms with Crippen LogP contribution in [0.5, 0.6) is 5.88 Å². The quantitative estimate of drug-likeness (QED) is 0.542. The van der Waals surface area contributed by atoms with Crippen LogP contribution in [0.3, 0.4) is 0 Å². The molecule has 0 radical (unpaired) electrons. The van der Waals surface area contributed by atoms with E-state index in [1.807, 2.05) is 18.2 Å². The van der Waals surface area contributed by atoms with Crippen molar-refractivity contribution < 1.29 is 14.2 Å². The number of rotatable bonds is 9. The summed E-state index contributed by atoms with van der Waals surface area (Å²) < 4.78 is 19.6. The molecule has 1 aromatic carbocycles. The highest BCUT2D eigenvalue weighted by atomic mass is 19.1. The molecule has 0 aliphatic heterocycles. The summed E-state index contributed by atoms with van der Waals surface area (Å²) in [4.78, 5) is 0. The summed E-state index contributed by atoms with van der Waals surface area (Å²) in [5, 5.41) is 17.1. The van der Waals surface area contributed by atoms with E-state index in [4.69, 9.17) is 4.74 Å². The van der Waals surface area contributed by atoms with E-state index in [0.29, 0.717) is 23.7 Å². The molecule has 1 atom stereocenters. The summed E-state index contributed by atoms with van der Waals surface area (Å²) in [5.41, 5.74) is 1.64. The Labute approximate surface area is 147 Å². The number of aromatic nitrogens is 2. The zero-order valence-electron chi connectivity index (χ0n) is 14.4. The Hall–Kier alpha value is -2.53. The van der Waals surface area contributed by atoms with Gasteiger partial charge in [0.05, 0.1) is 11.8 Å². The van der Waals surface area contributed by atoms with Gasteiger partial charge in [0.25, 0.3) is 0 Å². The van der Waals surface area contributed by atoms with Gasteiger partial charge in [0, 0.05) is 11.6 Å². The van der Waals surface area contributed by atoms with E-state index in [9.17, 15) is 9.50 Å². The Morgan fingerprint density at radius 2 is 2.12 bits per heavy atom. The van der Waals surface area contributed by atoms with Crippen molar-refractivity contribution in [3.05, 3.63) is 60.4 Å². The molecule has 1 heterocycles. The lowest BCUT2D eigenvalue weighted by atomic mass is 10.1. The summed E-state index contributed by atoms with van der Waals surface area (Å²) in [6.45, 7) is 5.68. The zero-order valence-corrected chi connectivity index (χ0v) is 14.4. The van der Waals surface area contributed by atoms with Crippen molar-refractivity contribution in [3.63, 3.8) is 0 Å². The first-order chi connectivity index (χ1) is 12.1. The van der Waals surface area contributed by atoms with Crippen molar-refractivity contribution in [2.24, 2.45) is 0 Å². The Balaban J connectivity index is 2.01. The van der Waals surface area contributed by atoms with Gasteiger partial charge in [-0.2, -0.15) is 0 Å². The molecule has 1 aromatic heterocycles. The highest BCUT2D eigenvalue weighted by Crippen LogP contribution is 2.23. The maximum atomic E-state index is 14.3. The molecule has 1 unspecified atom stereocenters. The predicted molar refractivity (Wildman–Crippen MR) is 97.7 cm³/mol. The number of aliphatic hydroxyl groups excluding tert-OH is 1. The maximum Gasteiger partial charge on any atom is 0.233 e. The average molecular weight is 342 g/mol. The molecule has 0 bridgehead atoms. The van der Waals surface area contributed by atoms with Gasteiger partial charge in [0.15, 0.2) is 0 Å². The average Bonchev–Trinajstić information content (AvgIpc) is 2.60. The van der Waals surface area contributed by atoms with Gasteiger partial charge in [-0.1, -0.05) is 30.9 Å². The summed E-state index contributed by atoms with van der Waals surface area (Å²) in [6.07, 6.45) is 7.74. The molecule has 0 fully saturated rings. The number of halogens is 1. The van der Waals surface area contributed by atoms with Crippen molar-refractivity contribution in [2.45, 2.75) is 32.3 Å². The van der Waals surface area contributed by atoms with Gasteiger partial charge in [-0.25, -0.2) is 4.39 Å². The second-order valence-electron chi connectivity index (χ2n) is 5.78. The predicted octanol–water partition coefficient (Wildman–Crippen LogP) is 4.41. The summed E-state index contributed by atoms with van der Waals surface area (Å²) >= 11 is 0. The van der Waals surface area contributed by atoms with E-state index in [1.165, 1.54) is 6.07 Å². The van der Waals surface area contributed by atoms with Crippen LogP contribution in [0.4, 0.5) is 4.39 Å². The molecule has 132 valence electrons. The second kappa shape index (κ2) is 9.69. The lowest BCUT2D eigenvalue weighted by molar-refractivity contribution is 0.182. The van der Waals surface area contributed by atoms with Gasteiger partial charge in [-0.05, 0) is 49.9 Å². The molecule has 2 rings (SSSR count). The van der Waals surface area contributed by atoms with Crippen LogP contribution in [0.15, 0.2) is 49.1 Å². The van der Waals surface area contributed by atoms with Crippen molar-refractivity contribution in [2.75, 3.05) is 6.61 Å². The fourth-order valence-electron chi connectivity index (χ4n) is 2.28. The fourth-order valence-corrected chi connectivity index (χ4v) is 2.28. The highest BCUT2D eigenvalue weighted by Gasteiger charge is 2.08. The number of nitrogens with zero attached hydrogens (tertiary/aromatic N) is 2. The summed E-state index contributed by atoms with van der Waals surface area (Å²) in [6, 6.07) is 8.34. The third-order valence-electron chi connectivity index (χ3n) is 3.56. The number of hydrogen-bond acceptors (Lipinski definition) is 4. The van der Waals surface area contributed by atoms with Crippen LogP contribution in [0.2, 0.25) is 0 Å². The number of aliphatic hydroxyl groups is 1. The first kappa shape index (κ1) is 18.8. The van der Waals surface area contributed by atoms with Crippen molar-refractivity contribution in [1.29, 1.82) is 0 Å². The molecule has 2 aromatic rings. The third-order valence-corrected chi connectivity index (χ3v) is 3.56. The molecule has 5 heteroatoms. The van der Waals surface area contributed by atoms with Crippen LogP contribution >= 0.6 is 0 Å². The van der Waals surface area contributed by atoms with Gasteiger partial charge in [0.2, 0.25) is 5.88 Å². The lowest BCUT2D eigenvalue weighted by Crippen LogP contribution is -1.98. The van der Waals surface area contributed by atoms with Crippen LogP contribution in [-0.2, 0) is 0 Å². The van der Waals surface area contributed by atoms with Gasteiger partial charge >= 0.3 is 0 Å². The number of ether oxygens (including phenoxy) is 1. The minimum absolute atomic E-state index is 0.278. The molecule has 0 spiro atoms. The standard InChI is InChI=1S/C20H23FN2O2/c1-3-13-25-20-12-11-19(22-23-20)17-10-9-16(14-18(17)21)8-6-4-5-7-15(2)24/h3,6,8-12,14-15,24H,1,4-5,7,13H2,2H3. The fraction of sp³-hybridized carbons (Fsp3) is 0.300. The topological polar surface area (TPSA) is 55.2 Å². The Kier molecular flexibility index (Phi) is 7.29. The molecule has 0 saturated heterocycles. The van der Waals surface area contributed by atoms with E-state index >= 15 is 0 Å². The molecule has 0 aliphatic rings. The minimum atomic E-state index is -0.347. The van der Waals surface area contributed by atoms with Crippen LogP contribution in [0.25, 0.3) is 17.3 Å². The first-order valence-electron chi connectivity index (χ1n) is 8.32. The van der Waals surface area contributed by atoms with Gasteiger partial charge < -0.3 is 9.84 Å². The van der Waals surface area contributed by atoms with E-state index in [1.54, 1.807) is 31.2 Å². The molecule has 1 N–H and O–H groups in total. The highest BCUT2D eigenvalue weighted by molar-refractivity contribution is 5.63. The Morgan fingerprint density at radius 1 is 1.28 bits per heavy atom. The number of hydrogen-bond donors (Lipinski definition) is 1. The van der Waals surface area contributed by atoms with Crippen molar-refractivity contribution >= 4 is 6.08 Å². The monoisotopic (exact) mass is 342 g/mol. The van der Waals surface area contributed by atoms with Crippen LogP contribution < -0.4 is 4.74 Å². The minimum Gasteiger partial charge on any atom is -0.472 e. The number of allylic oxidation sites excluding steroid dienone is 1. The Bertz CT molecular complexity index is 712. The van der Waals surface area contributed by atoms with Gasteiger partial charge in [-0.3, -0.25) is 0 Å². The van der Waals surface area contributed by atoms with Crippen molar-refractivity contribution in [1.82, 2.24) is 10.2 Å². The molecule has 0 amide bonds. The van der Waals surface area contributed by atoms with Crippen molar-refractivity contribution in [3.8, 4) is 17.1 Å². The van der Waals surface area contributed by atoms with Gasteiger partial charge in [-0.15, -0.1) is 10.2 Å². The first-order valence-corrected chi connectivity index (χ1v) is 8.32.